The first kappa shape index (κ1) is 16.8. The zero-order valence-electron chi connectivity index (χ0n) is 14.7. The van der Waals surface area contributed by atoms with Crippen LogP contribution in [0.4, 0.5) is 4.39 Å². The quantitative estimate of drug-likeness (QED) is 0.694. The molecule has 26 heavy (non-hydrogen) atoms. The number of fused-ring (bicyclic) bond motifs is 2. The average Bonchev–Trinajstić information content (AvgIpc) is 2.67. The Morgan fingerprint density at radius 2 is 2.00 bits per heavy atom. The van der Waals surface area contributed by atoms with Gasteiger partial charge in [0, 0.05) is 24.7 Å². The molecular formula is C21H21FN2O2. The minimum Gasteiger partial charge on any atom is -0.486 e. The number of benzene rings is 2. The minimum atomic E-state index is -0.234. The Morgan fingerprint density at radius 3 is 2.85 bits per heavy atom. The van der Waals surface area contributed by atoms with Crippen LogP contribution in [0.2, 0.25) is 0 Å². The van der Waals surface area contributed by atoms with E-state index in [1.807, 2.05) is 36.4 Å². The first-order valence-corrected chi connectivity index (χ1v) is 8.87. The fraction of sp³-hybridized carbons (Fsp3) is 0.286. The number of halogens is 1. The van der Waals surface area contributed by atoms with E-state index in [2.05, 4.69) is 16.8 Å². The molecule has 0 radical (unpaired) electrons. The van der Waals surface area contributed by atoms with Gasteiger partial charge in [0.1, 0.15) is 18.5 Å². The Labute approximate surface area is 152 Å². The summed E-state index contributed by atoms with van der Waals surface area (Å²) in [6, 6.07) is 14.5. The van der Waals surface area contributed by atoms with E-state index in [0.29, 0.717) is 19.7 Å². The van der Waals surface area contributed by atoms with Crippen LogP contribution in [-0.4, -0.2) is 35.7 Å². The Balaban J connectivity index is 1.51. The van der Waals surface area contributed by atoms with Crippen molar-refractivity contribution in [2.24, 2.45) is 0 Å². The van der Waals surface area contributed by atoms with E-state index >= 15 is 0 Å². The predicted molar refractivity (Wildman–Crippen MR) is 99.0 cm³/mol. The average molecular weight is 352 g/mol. The molecule has 0 aliphatic carbocycles. The van der Waals surface area contributed by atoms with Crippen molar-refractivity contribution in [2.75, 3.05) is 19.7 Å². The molecule has 1 aliphatic rings. The fourth-order valence-electron chi connectivity index (χ4n) is 3.34. The van der Waals surface area contributed by atoms with Gasteiger partial charge in [0.2, 0.25) is 0 Å². The van der Waals surface area contributed by atoms with Crippen LogP contribution in [-0.2, 0) is 6.54 Å². The molecule has 134 valence electrons. The summed E-state index contributed by atoms with van der Waals surface area (Å²) in [5, 5.41) is 0.824. The van der Waals surface area contributed by atoms with Crippen LogP contribution in [0.5, 0.6) is 11.5 Å². The van der Waals surface area contributed by atoms with Gasteiger partial charge >= 0.3 is 0 Å². The van der Waals surface area contributed by atoms with Gasteiger partial charge in [-0.05, 0) is 42.4 Å². The predicted octanol–water partition coefficient (Wildman–Crippen LogP) is 4.04. The molecule has 1 aliphatic heterocycles. The highest BCUT2D eigenvalue weighted by Crippen LogP contribution is 2.31. The van der Waals surface area contributed by atoms with Crippen molar-refractivity contribution in [3.63, 3.8) is 0 Å². The molecule has 4 nitrogen and oxygen atoms in total. The Kier molecular flexibility index (Phi) is 4.71. The van der Waals surface area contributed by atoms with E-state index < -0.39 is 0 Å². The number of hydrogen-bond acceptors (Lipinski definition) is 4. The number of aromatic nitrogens is 1. The molecule has 0 bridgehead atoms. The van der Waals surface area contributed by atoms with Crippen molar-refractivity contribution in [3.8, 4) is 11.5 Å². The van der Waals surface area contributed by atoms with E-state index in [0.717, 1.165) is 34.5 Å². The van der Waals surface area contributed by atoms with Crippen molar-refractivity contribution >= 4 is 10.9 Å². The third kappa shape index (κ3) is 3.48. The molecule has 3 aromatic rings. The summed E-state index contributed by atoms with van der Waals surface area (Å²) >= 11 is 0. The summed E-state index contributed by atoms with van der Waals surface area (Å²) in [6.07, 6.45) is 1.69. The van der Waals surface area contributed by atoms with Crippen LogP contribution in [0.1, 0.15) is 12.5 Å². The van der Waals surface area contributed by atoms with Crippen molar-refractivity contribution in [1.82, 2.24) is 9.88 Å². The van der Waals surface area contributed by atoms with Crippen molar-refractivity contribution in [1.29, 1.82) is 0 Å². The summed E-state index contributed by atoms with van der Waals surface area (Å²) < 4.78 is 25.8. The lowest BCUT2D eigenvalue weighted by Gasteiger charge is -2.31. The number of hydrogen-bond donors (Lipinski definition) is 0. The van der Waals surface area contributed by atoms with E-state index in [-0.39, 0.29) is 11.9 Å². The lowest BCUT2D eigenvalue weighted by molar-refractivity contribution is 0.0581. The summed E-state index contributed by atoms with van der Waals surface area (Å²) in [4.78, 5) is 6.66. The number of rotatable bonds is 5. The van der Waals surface area contributed by atoms with Crippen LogP contribution >= 0.6 is 0 Å². The second-order valence-electron chi connectivity index (χ2n) is 6.47. The number of pyridine rings is 1. The van der Waals surface area contributed by atoms with Crippen LogP contribution in [0.25, 0.3) is 10.9 Å². The monoisotopic (exact) mass is 352 g/mol. The fourth-order valence-corrected chi connectivity index (χ4v) is 3.34. The lowest BCUT2D eigenvalue weighted by atomic mass is 10.1. The summed E-state index contributed by atoms with van der Waals surface area (Å²) in [7, 11) is 0. The summed E-state index contributed by atoms with van der Waals surface area (Å²) in [5.74, 6) is 1.33. The Bertz CT molecular complexity index is 915. The molecule has 1 unspecified atom stereocenters. The van der Waals surface area contributed by atoms with Gasteiger partial charge in [-0.1, -0.05) is 25.1 Å². The Hall–Kier alpha value is -2.66. The van der Waals surface area contributed by atoms with E-state index in [4.69, 9.17) is 9.47 Å². The first-order chi connectivity index (χ1) is 12.7. The smallest absolute Gasteiger partial charge is 0.161 e. The summed E-state index contributed by atoms with van der Waals surface area (Å²) in [6.45, 7) is 4.74. The molecule has 5 heteroatoms. The number of likely N-dealkylation sites (N-methyl/N-ethyl adjacent to an activating group) is 1. The van der Waals surface area contributed by atoms with Gasteiger partial charge in [-0.2, -0.15) is 0 Å². The third-order valence-electron chi connectivity index (χ3n) is 4.62. The summed E-state index contributed by atoms with van der Waals surface area (Å²) in [5.41, 5.74) is 1.73. The maximum absolute atomic E-state index is 14.0. The molecule has 4 rings (SSSR count). The highest BCUT2D eigenvalue weighted by atomic mass is 19.1. The molecule has 0 saturated carbocycles. The van der Waals surface area contributed by atoms with Crippen LogP contribution in [0.15, 0.2) is 54.7 Å². The van der Waals surface area contributed by atoms with Crippen LogP contribution in [0.3, 0.4) is 0 Å². The van der Waals surface area contributed by atoms with Crippen LogP contribution in [0, 0.1) is 5.82 Å². The number of para-hydroxylation sites is 2. The molecule has 0 fully saturated rings. The highest BCUT2D eigenvalue weighted by Gasteiger charge is 2.23. The second kappa shape index (κ2) is 7.30. The Morgan fingerprint density at radius 1 is 1.15 bits per heavy atom. The number of ether oxygens (including phenoxy) is 2. The molecular weight excluding hydrogens is 331 g/mol. The van der Waals surface area contributed by atoms with Gasteiger partial charge in [0.25, 0.3) is 0 Å². The molecule has 0 spiro atoms. The minimum absolute atomic E-state index is 0.0577. The van der Waals surface area contributed by atoms with Gasteiger partial charge in [0.15, 0.2) is 11.5 Å². The zero-order chi connectivity index (χ0) is 17.9. The van der Waals surface area contributed by atoms with E-state index in [1.54, 1.807) is 12.3 Å². The highest BCUT2D eigenvalue weighted by molar-refractivity contribution is 5.81. The maximum Gasteiger partial charge on any atom is 0.161 e. The van der Waals surface area contributed by atoms with Gasteiger partial charge in [-0.15, -0.1) is 0 Å². The third-order valence-corrected chi connectivity index (χ3v) is 4.62. The van der Waals surface area contributed by atoms with Gasteiger partial charge in [-0.25, -0.2) is 4.39 Å². The lowest BCUT2D eigenvalue weighted by Crippen LogP contribution is -2.40. The number of nitrogens with zero attached hydrogens (tertiary/aromatic N) is 2. The van der Waals surface area contributed by atoms with Gasteiger partial charge in [0.05, 0.1) is 5.52 Å². The standard InChI is InChI=1S/C21H21FN2O2/c1-2-24(13-18-14-25-19-7-3-4-8-20(19)26-18)12-16-11-17(22)10-15-6-5-9-23-21(15)16/h3-11,18H,2,12-14H2,1H3. The largest absolute Gasteiger partial charge is 0.486 e. The van der Waals surface area contributed by atoms with Gasteiger partial charge in [-0.3, -0.25) is 9.88 Å². The van der Waals surface area contributed by atoms with Crippen molar-refractivity contribution in [2.45, 2.75) is 19.6 Å². The van der Waals surface area contributed by atoms with E-state index in [9.17, 15) is 4.39 Å². The maximum atomic E-state index is 14.0. The normalized spacial score (nSPS) is 16.2. The molecule has 1 aromatic heterocycles. The first-order valence-electron chi connectivity index (χ1n) is 8.87. The van der Waals surface area contributed by atoms with Crippen LogP contribution < -0.4 is 9.47 Å². The molecule has 0 N–H and O–H groups in total. The molecule has 1 atom stereocenters. The molecule has 2 heterocycles. The molecule has 0 saturated heterocycles. The SMILES string of the molecule is CCN(Cc1cc(F)cc2cccnc12)CC1COc2ccccc2O1. The van der Waals surface area contributed by atoms with E-state index in [1.165, 1.54) is 6.07 Å². The zero-order valence-corrected chi connectivity index (χ0v) is 14.7. The molecule has 0 amide bonds. The topological polar surface area (TPSA) is 34.6 Å². The van der Waals surface area contributed by atoms with Gasteiger partial charge < -0.3 is 9.47 Å². The molecule has 2 aromatic carbocycles. The second-order valence-corrected chi connectivity index (χ2v) is 6.47. The van der Waals surface area contributed by atoms with Crippen molar-refractivity contribution in [3.05, 3.63) is 66.1 Å². The van der Waals surface area contributed by atoms with Crippen molar-refractivity contribution < 1.29 is 13.9 Å².